The largest absolute Gasteiger partial charge is 0.392 e. The van der Waals surface area contributed by atoms with E-state index in [-0.39, 0.29) is 11.9 Å². The molecule has 0 saturated carbocycles. The summed E-state index contributed by atoms with van der Waals surface area (Å²) >= 11 is 0. The molecule has 184 valence electrons. The van der Waals surface area contributed by atoms with Crippen molar-refractivity contribution >= 4 is 34.2 Å². The number of hydrogen-bond donors (Lipinski definition) is 5. The maximum Gasteiger partial charge on any atom is 0.241 e. The van der Waals surface area contributed by atoms with Gasteiger partial charge in [0.2, 0.25) is 11.9 Å². The van der Waals surface area contributed by atoms with Gasteiger partial charge in [0.25, 0.3) is 0 Å². The highest BCUT2D eigenvalue weighted by Crippen LogP contribution is 2.32. The average molecular weight is 476 g/mol. The Morgan fingerprint density at radius 3 is 2.69 bits per heavy atom. The van der Waals surface area contributed by atoms with Gasteiger partial charge in [-0.3, -0.25) is 9.69 Å². The van der Waals surface area contributed by atoms with Gasteiger partial charge >= 0.3 is 0 Å². The highest BCUT2D eigenvalue weighted by atomic mass is 16.2. The van der Waals surface area contributed by atoms with E-state index in [1.807, 2.05) is 37.4 Å². The normalized spacial score (nSPS) is 16.2. The van der Waals surface area contributed by atoms with Crippen molar-refractivity contribution < 1.29 is 4.79 Å². The number of aromatic nitrogens is 3. The van der Waals surface area contributed by atoms with Gasteiger partial charge < -0.3 is 31.2 Å². The Hall–Kier alpha value is -3.76. The highest BCUT2D eigenvalue weighted by molar-refractivity contribution is 6.06. The first-order chi connectivity index (χ1) is 16.9. The lowest BCUT2D eigenvalue weighted by Crippen LogP contribution is -2.51. The standard InChI is InChI=1S/C25H33N9O/c1-16(26)22(15-27-3)32-25-28-9-8-20(31-25)19-14-29-23-18(19)6-5-7-21(23)30-24(35)17(2)34-12-10-33(4)11-13-34/h5-9,14-15,17,26-27,29H,10-13H2,1-4H3,(H,30,35)(H,28,31,32)/b22-15+,26-16?. The van der Waals surface area contributed by atoms with Gasteiger partial charge in [-0.2, -0.15) is 0 Å². The molecule has 10 nitrogen and oxygen atoms in total. The van der Waals surface area contributed by atoms with Crippen LogP contribution in [0.1, 0.15) is 13.8 Å². The summed E-state index contributed by atoms with van der Waals surface area (Å²) in [6.45, 7) is 7.36. The van der Waals surface area contributed by atoms with Crippen molar-refractivity contribution in [3.63, 3.8) is 0 Å². The zero-order chi connectivity index (χ0) is 24.9. The average Bonchev–Trinajstić information content (AvgIpc) is 3.29. The van der Waals surface area contributed by atoms with Crippen molar-refractivity contribution in [1.82, 2.24) is 30.1 Å². The van der Waals surface area contributed by atoms with E-state index >= 15 is 0 Å². The van der Waals surface area contributed by atoms with Crippen molar-refractivity contribution in [1.29, 1.82) is 5.41 Å². The van der Waals surface area contributed by atoms with Crippen LogP contribution >= 0.6 is 0 Å². The molecule has 0 bridgehead atoms. The molecule has 1 amide bonds. The van der Waals surface area contributed by atoms with Gasteiger partial charge in [0.15, 0.2) is 0 Å². The number of H-pyrrole nitrogens is 1. The van der Waals surface area contributed by atoms with Gasteiger partial charge in [-0.05, 0) is 33.0 Å². The molecule has 1 unspecified atom stereocenters. The number of carbonyl (C=O) groups excluding carboxylic acids is 1. The third-order valence-corrected chi connectivity index (χ3v) is 6.31. The molecule has 1 atom stereocenters. The van der Waals surface area contributed by atoms with Crippen LogP contribution in [0, 0.1) is 5.41 Å². The van der Waals surface area contributed by atoms with E-state index in [0.29, 0.717) is 17.4 Å². The molecule has 0 aliphatic carbocycles. The topological polar surface area (TPSA) is 125 Å². The number of rotatable bonds is 8. The summed E-state index contributed by atoms with van der Waals surface area (Å²) < 4.78 is 0. The van der Waals surface area contributed by atoms with Crippen LogP contribution in [-0.4, -0.2) is 82.7 Å². The molecule has 1 fully saturated rings. The number of nitrogens with zero attached hydrogens (tertiary/aromatic N) is 4. The van der Waals surface area contributed by atoms with Gasteiger partial charge in [-0.1, -0.05) is 12.1 Å². The number of fused-ring (bicyclic) bond motifs is 1. The molecular weight excluding hydrogens is 442 g/mol. The Labute approximate surface area is 205 Å². The number of carbonyl (C=O) groups is 1. The molecule has 1 aliphatic heterocycles. The number of aromatic amines is 1. The molecular formula is C25H33N9O. The van der Waals surface area contributed by atoms with Crippen LogP contribution in [0.15, 0.2) is 48.6 Å². The first kappa shape index (κ1) is 24.4. The first-order valence-corrected chi connectivity index (χ1v) is 11.7. The van der Waals surface area contributed by atoms with E-state index < -0.39 is 0 Å². The fraction of sp³-hybridized carbons (Fsp3) is 0.360. The van der Waals surface area contributed by atoms with E-state index in [1.54, 1.807) is 26.4 Å². The number of amides is 1. The molecule has 1 aromatic carbocycles. The Balaban J connectivity index is 1.56. The van der Waals surface area contributed by atoms with Crippen molar-refractivity contribution in [3.05, 3.63) is 48.6 Å². The maximum atomic E-state index is 13.0. The molecule has 3 heterocycles. The highest BCUT2D eigenvalue weighted by Gasteiger charge is 2.25. The number of benzene rings is 1. The van der Waals surface area contributed by atoms with Crippen LogP contribution in [0.5, 0.6) is 0 Å². The number of hydrogen-bond acceptors (Lipinski definition) is 8. The molecule has 2 aromatic heterocycles. The maximum absolute atomic E-state index is 13.0. The van der Waals surface area contributed by atoms with Gasteiger partial charge in [0, 0.05) is 62.8 Å². The molecule has 3 aromatic rings. The minimum Gasteiger partial charge on any atom is -0.392 e. The van der Waals surface area contributed by atoms with Gasteiger partial charge in [-0.25, -0.2) is 9.97 Å². The summed E-state index contributed by atoms with van der Waals surface area (Å²) in [4.78, 5) is 29.8. The molecule has 10 heteroatoms. The lowest BCUT2D eigenvalue weighted by atomic mass is 10.1. The van der Waals surface area contributed by atoms with Crippen LogP contribution in [0.4, 0.5) is 11.6 Å². The van der Waals surface area contributed by atoms with E-state index in [4.69, 9.17) is 5.41 Å². The quantitative estimate of drug-likeness (QED) is 0.317. The van der Waals surface area contributed by atoms with E-state index in [1.165, 1.54) is 0 Å². The third kappa shape index (κ3) is 5.50. The van der Waals surface area contributed by atoms with E-state index in [0.717, 1.165) is 54.0 Å². The number of allylic oxidation sites excluding steroid dienone is 1. The first-order valence-electron chi connectivity index (χ1n) is 11.7. The number of anilines is 2. The van der Waals surface area contributed by atoms with Crippen molar-refractivity contribution in [3.8, 4) is 11.3 Å². The van der Waals surface area contributed by atoms with Crippen molar-refractivity contribution in [2.45, 2.75) is 19.9 Å². The Morgan fingerprint density at radius 2 is 1.97 bits per heavy atom. The summed E-state index contributed by atoms with van der Waals surface area (Å²) in [5.74, 6) is 0.382. The predicted octanol–water partition coefficient (Wildman–Crippen LogP) is 2.71. The summed E-state index contributed by atoms with van der Waals surface area (Å²) in [6.07, 6.45) is 5.27. The second-order valence-electron chi connectivity index (χ2n) is 8.80. The number of likely N-dealkylation sites (N-methyl/N-ethyl adjacent to an activating group) is 1. The zero-order valence-corrected chi connectivity index (χ0v) is 20.6. The third-order valence-electron chi connectivity index (χ3n) is 6.31. The fourth-order valence-electron chi connectivity index (χ4n) is 4.15. The number of nitrogens with one attached hydrogen (secondary N) is 5. The van der Waals surface area contributed by atoms with Gasteiger partial charge in [0.05, 0.1) is 34.3 Å². The second-order valence-corrected chi connectivity index (χ2v) is 8.80. The minimum atomic E-state index is -0.207. The van der Waals surface area contributed by atoms with Crippen molar-refractivity contribution in [2.24, 2.45) is 0 Å². The van der Waals surface area contributed by atoms with Gasteiger partial charge in [0.1, 0.15) is 0 Å². The SMILES string of the molecule is CN/C=C(/Nc1nccc(-c2c[nH]c3c(NC(=O)C(C)N4CCN(C)CC4)cccc23)n1)C(C)=N. The molecule has 35 heavy (non-hydrogen) atoms. The van der Waals surface area contributed by atoms with E-state index in [9.17, 15) is 4.79 Å². The van der Waals surface area contributed by atoms with Crippen LogP contribution in [0.3, 0.4) is 0 Å². The smallest absolute Gasteiger partial charge is 0.241 e. The molecule has 5 N–H and O–H groups in total. The second kappa shape index (κ2) is 10.7. The fourth-order valence-corrected chi connectivity index (χ4v) is 4.15. The molecule has 0 spiro atoms. The monoisotopic (exact) mass is 475 g/mol. The summed E-state index contributed by atoms with van der Waals surface area (Å²) in [5, 5.41) is 18.0. The Kier molecular flexibility index (Phi) is 7.42. The molecule has 4 rings (SSSR count). The Bertz CT molecular complexity index is 1240. The Morgan fingerprint density at radius 1 is 1.20 bits per heavy atom. The number of para-hydroxylation sites is 1. The molecule has 1 saturated heterocycles. The van der Waals surface area contributed by atoms with E-state index in [2.05, 4.69) is 47.7 Å². The number of piperazine rings is 1. The molecule has 0 radical (unpaired) electrons. The van der Waals surface area contributed by atoms with Crippen molar-refractivity contribution in [2.75, 3.05) is 50.9 Å². The van der Waals surface area contributed by atoms with Crippen LogP contribution in [0.2, 0.25) is 0 Å². The van der Waals surface area contributed by atoms with Crippen LogP contribution in [0.25, 0.3) is 22.2 Å². The predicted molar refractivity (Wildman–Crippen MR) is 141 cm³/mol. The zero-order valence-electron chi connectivity index (χ0n) is 20.6. The summed E-state index contributed by atoms with van der Waals surface area (Å²) in [7, 11) is 3.88. The van der Waals surface area contributed by atoms with Crippen LogP contribution < -0.4 is 16.0 Å². The lowest BCUT2D eigenvalue weighted by molar-refractivity contribution is -0.121. The lowest BCUT2D eigenvalue weighted by Gasteiger charge is -2.35. The van der Waals surface area contributed by atoms with Gasteiger partial charge in [-0.15, -0.1) is 0 Å². The van der Waals surface area contributed by atoms with Crippen LogP contribution in [-0.2, 0) is 4.79 Å². The summed E-state index contributed by atoms with van der Waals surface area (Å²) in [6, 6.07) is 7.48. The molecule has 1 aliphatic rings. The summed E-state index contributed by atoms with van der Waals surface area (Å²) in [5.41, 5.74) is 4.18. The minimum absolute atomic E-state index is 0.0161.